The quantitative estimate of drug-likeness (QED) is 0.796. The Labute approximate surface area is 91.4 Å². The maximum atomic E-state index is 11.5. The van der Waals surface area contributed by atoms with E-state index in [4.69, 9.17) is 6.42 Å². The van der Waals surface area contributed by atoms with E-state index in [1.807, 2.05) is 6.92 Å². The van der Waals surface area contributed by atoms with Crippen molar-refractivity contribution in [2.45, 2.75) is 19.4 Å². The molecular weight excluding hydrogens is 244 g/mol. The molecule has 0 saturated carbocycles. The number of terminal acetylenes is 1. The maximum Gasteiger partial charge on any atom is 0.267 e. The van der Waals surface area contributed by atoms with Crippen LogP contribution in [0.15, 0.2) is 16.7 Å². The van der Waals surface area contributed by atoms with Crippen LogP contribution in [0.2, 0.25) is 0 Å². The topological polar surface area (TPSA) is 44.9 Å². The van der Waals surface area contributed by atoms with E-state index in [1.54, 1.807) is 12.3 Å². The Morgan fingerprint density at radius 3 is 3.07 bits per heavy atom. The Morgan fingerprint density at radius 1 is 1.86 bits per heavy atom. The third-order valence-electron chi connectivity index (χ3n) is 1.69. The molecule has 0 bridgehead atoms. The fourth-order valence-corrected chi connectivity index (χ4v) is 1.37. The van der Waals surface area contributed by atoms with Gasteiger partial charge in [-0.3, -0.25) is 4.79 Å². The van der Waals surface area contributed by atoms with E-state index < -0.39 is 0 Å². The molecule has 0 saturated heterocycles. The summed E-state index contributed by atoms with van der Waals surface area (Å²) in [5.74, 6) is 2.35. The second kappa shape index (κ2) is 4.87. The number of carbonyl (C=O) groups excluding carboxylic acids is 1. The van der Waals surface area contributed by atoms with Crippen LogP contribution < -0.4 is 5.32 Å². The number of aromatic amines is 1. The largest absolute Gasteiger partial charge is 0.356 e. The average Bonchev–Trinajstić information content (AvgIpc) is 2.52. The first-order valence-corrected chi connectivity index (χ1v) is 5.01. The fraction of sp³-hybridized carbons (Fsp3) is 0.300. The number of hydrogen-bond donors (Lipinski definition) is 2. The van der Waals surface area contributed by atoms with Gasteiger partial charge in [0.1, 0.15) is 5.69 Å². The number of hydrogen-bond acceptors (Lipinski definition) is 1. The number of amides is 1. The third kappa shape index (κ3) is 2.93. The summed E-state index contributed by atoms with van der Waals surface area (Å²) in [4.78, 5) is 14.4. The molecule has 1 heterocycles. The Balaban J connectivity index is 2.55. The van der Waals surface area contributed by atoms with Crippen LogP contribution in [0.5, 0.6) is 0 Å². The molecule has 0 aromatic carbocycles. The standard InChI is InChI=1S/C10H11BrN2O/c1-3-4-7(2)13-10(14)9-5-8(11)6-12-9/h1,5-7,12H,4H2,2H3,(H,13,14). The third-order valence-corrected chi connectivity index (χ3v) is 2.15. The van der Waals surface area contributed by atoms with Crippen molar-refractivity contribution in [1.82, 2.24) is 10.3 Å². The Kier molecular flexibility index (Phi) is 3.78. The fourth-order valence-electron chi connectivity index (χ4n) is 1.03. The number of carbonyl (C=O) groups is 1. The van der Waals surface area contributed by atoms with E-state index in [-0.39, 0.29) is 11.9 Å². The summed E-state index contributed by atoms with van der Waals surface area (Å²) in [6.07, 6.45) is 7.38. The number of rotatable bonds is 3. The van der Waals surface area contributed by atoms with Gasteiger partial charge in [-0.2, -0.15) is 0 Å². The van der Waals surface area contributed by atoms with Crippen LogP contribution in [0.4, 0.5) is 0 Å². The molecule has 1 amide bonds. The summed E-state index contributed by atoms with van der Waals surface area (Å²) in [6.45, 7) is 1.87. The Morgan fingerprint density at radius 2 is 2.57 bits per heavy atom. The van der Waals surface area contributed by atoms with Crippen LogP contribution in [0.25, 0.3) is 0 Å². The molecule has 1 rings (SSSR count). The maximum absolute atomic E-state index is 11.5. The lowest BCUT2D eigenvalue weighted by atomic mass is 10.2. The van der Waals surface area contributed by atoms with E-state index in [0.29, 0.717) is 12.1 Å². The van der Waals surface area contributed by atoms with Gasteiger partial charge in [-0.05, 0) is 28.9 Å². The average molecular weight is 255 g/mol. The van der Waals surface area contributed by atoms with Crippen molar-refractivity contribution in [1.29, 1.82) is 0 Å². The molecule has 0 aliphatic carbocycles. The summed E-state index contributed by atoms with van der Waals surface area (Å²) >= 11 is 3.25. The van der Waals surface area contributed by atoms with Gasteiger partial charge in [0.25, 0.3) is 5.91 Å². The van der Waals surface area contributed by atoms with Crippen molar-refractivity contribution in [3.63, 3.8) is 0 Å². The minimum atomic E-state index is -0.140. The van der Waals surface area contributed by atoms with E-state index in [9.17, 15) is 4.79 Å². The lowest BCUT2D eigenvalue weighted by Gasteiger charge is -2.09. The molecule has 0 aliphatic rings. The SMILES string of the molecule is C#CCC(C)NC(=O)c1cc(Br)c[nH]1. The predicted molar refractivity (Wildman–Crippen MR) is 58.9 cm³/mol. The van der Waals surface area contributed by atoms with Gasteiger partial charge < -0.3 is 10.3 Å². The highest BCUT2D eigenvalue weighted by molar-refractivity contribution is 9.10. The number of aromatic nitrogens is 1. The highest BCUT2D eigenvalue weighted by atomic mass is 79.9. The summed E-state index contributed by atoms with van der Waals surface area (Å²) in [6, 6.07) is 1.72. The summed E-state index contributed by atoms with van der Waals surface area (Å²) < 4.78 is 0.854. The van der Waals surface area contributed by atoms with Crippen LogP contribution in [0.1, 0.15) is 23.8 Å². The van der Waals surface area contributed by atoms with Crippen molar-refractivity contribution in [3.05, 3.63) is 22.4 Å². The molecule has 0 fully saturated rings. The van der Waals surface area contributed by atoms with Gasteiger partial charge in [0, 0.05) is 23.1 Å². The monoisotopic (exact) mass is 254 g/mol. The van der Waals surface area contributed by atoms with Crippen LogP contribution >= 0.6 is 15.9 Å². The molecule has 14 heavy (non-hydrogen) atoms. The molecule has 1 unspecified atom stereocenters. The Hall–Kier alpha value is -1.21. The molecule has 1 aromatic rings. The first kappa shape index (κ1) is 10.9. The van der Waals surface area contributed by atoms with Crippen molar-refractivity contribution in [2.24, 2.45) is 0 Å². The van der Waals surface area contributed by atoms with Crippen molar-refractivity contribution in [3.8, 4) is 12.3 Å². The van der Waals surface area contributed by atoms with Crippen molar-refractivity contribution >= 4 is 21.8 Å². The zero-order chi connectivity index (χ0) is 10.6. The molecule has 0 radical (unpaired) electrons. The van der Waals surface area contributed by atoms with Crippen LogP contribution in [-0.4, -0.2) is 16.9 Å². The zero-order valence-corrected chi connectivity index (χ0v) is 9.39. The lowest BCUT2D eigenvalue weighted by molar-refractivity contribution is 0.0936. The minimum Gasteiger partial charge on any atom is -0.356 e. The normalized spacial score (nSPS) is 11.8. The zero-order valence-electron chi connectivity index (χ0n) is 7.80. The van der Waals surface area contributed by atoms with Gasteiger partial charge in [0.2, 0.25) is 0 Å². The van der Waals surface area contributed by atoms with Gasteiger partial charge >= 0.3 is 0 Å². The van der Waals surface area contributed by atoms with Crippen molar-refractivity contribution in [2.75, 3.05) is 0 Å². The minimum absolute atomic E-state index is 0.00502. The number of nitrogens with one attached hydrogen (secondary N) is 2. The highest BCUT2D eigenvalue weighted by Crippen LogP contribution is 2.10. The summed E-state index contributed by atoms with van der Waals surface area (Å²) in [5.41, 5.74) is 0.528. The predicted octanol–water partition coefficient (Wildman–Crippen LogP) is 1.92. The van der Waals surface area contributed by atoms with Crippen molar-refractivity contribution < 1.29 is 4.79 Å². The van der Waals surface area contributed by atoms with E-state index >= 15 is 0 Å². The molecule has 0 aliphatic heterocycles. The molecular formula is C10H11BrN2O. The molecule has 1 aromatic heterocycles. The second-order valence-electron chi connectivity index (χ2n) is 3.01. The summed E-state index contributed by atoms with van der Waals surface area (Å²) in [7, 11) is 0. The van der Waals surface area contributed by atoms with Gasteiger partial charge in [0.15, 0.2) is 0 Å². The number of H-pyrrole nitrogens is 1. The number of halogens is 1. The first-order valence-electron chi connectivity index (χ1n) is 4.21. The Bertz CT molecular complexity index is 364. The van der Waals surface area contributed by atoms with Gasteiger partial charge in [-0.1, -0.05) is 0 Å². The lowest BCUT2D eigenvalue weighted by Crippen LogP contribution is -2.32. The molecule has 74 valence electrons. The van der Waals surface area contributed by atoms with Gasteiger partial charge in [0.05, 0.1) is 0 Å². The molecule has 2 N–H and O–H groups in total. The molecule has 4 heteroatoms. The molecule has 0 spiro atoms. The van der Waals surface area contributed by atoms with E-state index in [1.165, 1.54) is 0 Å². The van der Waals surface area contributed by atoms with Crippen LogP contribution in [0.3, 0.4) is 0 Å². The first-order chi connectivity index (χ1) is 6.63. The van der Waals surface area contributed by atoms with Crippen LogP contribution in [0, 0.1) is 12.3 Å². The van der Waals surface area contributed by atoms with Gasteiger partial charge in [-0.25, -0.2) is 0 Å². The van der Waals surface area contributed by atoms with Gasteiger partial charge in [-0.15, -0.1) is 12.3 Å². The smallest absolute Gasteiger partial charge is 0.267 e. The van der Waals surface area contributed by atoms with E-state index in [0.717, 1.165) is 4.47 Å². The molecule has 3 nitrogen and oxygen atoms in total. The summed E-state index contributed by atoms with van der Waals surface area (Å²) in [5, 5.41) is 2.78. The second-order valence-corrected chi connectivity index (χ2v) is 3.93. The van der Waals surface area contributed by atoms with E-state index in [2.05, 4.69) is 32.2 Å². The highest BCUT2D eigenvalue weighted by Gasteiger charge is 2.10. The van der Waals surface area contributed by atoms with Crippen LogP contribution in [-0.2, 0) is 0 Å². The molecule has 1 atom stereocenters.